The van der Waals surface area contributed by atoms with Crippen LogP contribution in [0.15, 0.2) is 18.5 Å². The Hall–Kier alpha value is -1.62. The van der Waals surface area contributed by atoms with Crippen molar-refractivity contribution in [3.8, 4) is 0 Å². The van der Waals surface area contributed by atoms with Gasteiger partial charge in [0.05, 0.1) is 5.69 Å². The molecule has 1 aliphatic rings. The van der Waals surface area contributed by atoms with E-state index in [2.05, 4.69) is 54.1 Å². The van der Waals surface area contributed by atoms with Crippen molar-refractivity contribution in [3.63, 3.8) is 0 Å². The number of rotatable bonds is 2. The van der Waals surface area contributed by atoms with Gasteiger partial charge in [-0.05, 0) is 25.8 Å². The molecule has 0 radical (unpaired) electrons. The van der Waals surface area contributed by atoms with E-state index in [1.54, 1.807) is 0 Å². The summed E-state index contributed by atoms with van der Waals surface area (Å²) in [5.41, 5.74) is 2.23. The molecule has 5 nitrogen and oxygen atoms in total. The number of nitrogens with one attached hydrogen (secondary N) is 1. The highest BCUT2D eigenvalue weighted by atomic mass is 15.3. The molecule has 3 rings (SSSR count). The fourth-order valence-corrected chi connectivity index (χ4v) is 2.95. The second kappa shape index (κ2) is 5.05. The number of fused-ring (bicyclic) bond motifs is 1. The van der Waals surface area contributed by atoms with Gasteiger partial charge < -0.3 is 10.2 Å². The Balaban J connectivity index is 2.02. The third kappa shape index (κ3) is 2.38. The first-order chi connectivity index (χ1) is 9.54. The molecule has 20 heavy (non-hydrogen) atoms. The van der Waals surface area contributed by atoms with Crippen LogP contribution in [0.25, 0.3) is 5.52 Å². The number of hydrogen-bond donors (Lipinski definition) is 1. The Morgan fingerprint density at radius 3 is 2.60 bits per heavy atom. The average Bonchev–Trinajstić information content (AvgIpc) is 2.81. The monoisotopic (exact) mass is 273 g/mol. The van der Waals surface area contributed by atoms with Crippen LogP contribution < -0.4 is 10.2 Å². The maximum atomic E-state index is 4.64. The lowest BCUT2D eigenvalue weighted by Crippen LogP contribution is -2.54. The lowest BCUT2D eigenvalue weighted by molar-refractivity contribution is 0.405. The topological polar surface area (TPSA) is 45.5 Å². The molecule has 1 N–H and O–H groups in total. The molecule has 3 heterocycles. The van der Waals surface area contributed by atoms with E-state index in [0.717, 1.165) is 30.1 Å². The molecule has 0 bridgehead atoms. The van der Waals surface area contributed by atoms with Crippen molar-refractivity contribution in [2.24, 2.45) is 0 Å². The highest BCUT2D eigenvalue weighted by Gasteiger charge is 2.24. The van der Waals surface area contributed by atoms with Crippen LogP contribution in [0.5, 0.6) is 0 Å². The molecule has 1 aliphatic heterocycles. The van der Waals surface area contributed by atoms with Crippen molar-refractivity contribution < 1.29 is 0 Å². The fourth-order valence-electron chi connectivity index (χ4n) is 2.95. The maximum absolute atomic E-state index is 4.64. The molecular formula is C15H23N5. The van der Waals surface area contributed by atoms with Crippen molar-refractivity contribution in [1.29, 1.82) is 0 Å². The van der Waals surface area contributed by atoms with E-state index in [9.17, 15) is 0 Å². The summed E-state index contributed by atoms with van der Waals surface area (Å²) in [6, 6.07) is 3.13. The van der Waals surface area contributed by atoms with Crippen LogP contribution in [0.3, 0.4) is 0 Å². The molecule has 0 aliphatic carbocycles. The molecule has 2 unspecified atom stereocenters. The van der Waals surface area contributed by atoms with Crippen LogP contribution in [-0.2, 0) is 0 Å². The smallest absolute Gasteiger partial charge is 0.154 e. The molecule has 0 spiro atoms. The van der Waals surface area contributed by atoms with Gasteiger partial charge in [-0.2, -0.15) is 5.10 Å². The molecule has 2 aromatic rings. The second-order valence-electron chi connectivity index (χ2n) is 6.18. The second-order valence-corrected chi connectivity index (χ2v) is 6.18. The van der Waals surface area contributed by atoms with Crippen LogP contribution in [0.2, 0.25) is 0 Å². The minimum Gasteiger partial charge on any atom is -0.352 e. The summed E-state index contributed by atoms with van der Waals surface area (Å²) in [7, 11) is 0. The summed E-state index contributed by atoms with van der Waals surface area (Å²) < 4.78 is 1.95. The summed E-state index contributed by atoms with van der Waals surface area (Å²) in [5, 5.41) is 8.20. The molecule has 2 atom stereocenters. The van der Waals surface area contributed by atoms with Crippen molar-refractivity contribution in [3.05, 3.63) is 24.2 Å². The number of piperazine rings is 1. The van der Waals surface area contributed by atoms with Crippen molar-refractivity contribution in [2.75, 3.05) is 18.0 Å². The molecule has 0 amide bonds. The first kappa shape index (κ1) is 13.4. The summed E-state index contributed by atoms with van der Waals surface area (Å²) in [5.74, 6) is 1.48. The van der Waals surface area contributed by atoms with Crippen LogP contribution >= 0.6 is 0 Å². The molecule has 5 heteroatoms. The predicted molar refractivity (Wildman–Crippen MR) is 81.3 cm³/mol. The number of aromatic nitrogens is 3. The normalized spacial score (nSPS) is 23.8. The first-order valence-corrected chi connectivity index (χ1v) is 7.40. The van der Waals surface area contributed by atoms with Crippen LogP contribution in [0.1, 0.15) is 39.3 Å². The van der Waals surface area contributed by atoms with Gasteiger partial charge >= 0.3 is 0 Å². The molecule has 0 aromatic carbocycles. The zero-order valence-electron chi connectivity index (χ0n) is 12.7. The number of nitrogens with zero attached hydrogens (tertiary/aromatic N) is 4. The van der Waals surface area contributed by atoms with Crippen LogP contribution in [-0.4, -0.2) is 39.8 Å². The Morgan fingerprint density at radius 1 is 1.25 bits per heavy atom. The largest absolute Gasteiger partial charge is 0.352 e. The Bertz CT molecular complexity index is 593. The zero-order chi connectivity index (χ0) is 14.3. The van der Waals surface area contributed by atoms with E-state index < -0.39 is 0 Å². The van der Waals surface area contributed by atoms with Gasteiger partial charge in [0.25, 0.3) is 0 Å². The quantitative estimate of drug-likeness (QED) is 0.909. The average molecular weight is 273 g/mol. The number of anilines is 1. The molecular weight excluding hydrogens is 250 g/mol. The van der Waals surface area contributed by atoms with Crippen LogP contribution in [0, 0.1) is 0 Å². The van der Waals surface area contributed by atoms with Gasteiger partial charge in [-0.1, -0.05) is 13.8 Å². The lowest BCUT2D eigenvalue weighted by atomic mass is 10.1. The number of hydrogen-bond acceptors (Lipinski definition) is 4. The van der Waals surface area contributed by atoms with Crippen molar-refractivity contribution in [2.45, 2.75) is 45.7 Å². The third-order valence-electron chi connectivity index (χ3n) is 3.84. The molecule has 1 saturated heterocycles. The summed E-state index contributed by atoms with van der Waals surface area (Å²) in [4.78, 5) is 6.98. The van der Waals surface area contributed by atoms with Gasteiger partial charge in [0.1, 0.15) is 5.52 Å². The highest BCUT2D eigenvalue weighted by molar-refractivity contribution is 5.69. The SMILES string of the molecule is CC1CN(c2nccn3nc(C(C)C)cc23)CC(C)N1. The maximum Gasteiger partial charge on any atom is 0.154 e. The van der Waals surface area contributed by atoms with E-state index in [1.165, 1.54) is 0 Å². The highest BCUT2D eigenvalue weighted by Crippen LogP contribution is 2.24. The van der Waals surface area contributed by atoms with Gasteiger partial charge in [-0.25, -0.2) is 9.50 Å². The van der Waals surface area contributed by atoms with E-state index in [4.69, 9.17) is 0 Å². The molecule has 108 valence electrons. The van der Waals surface area contributed by atoms with Crippen LogP contribution in [0.4, 0.5) is 5.82 Å². The van der Waals surface area contributed by atoms with E-state index in [1.807, 2.05) is 16.9 Å². The van der Waals surface area contributed by atoms with Gasteiger partial charge in [-0.15, -0.1) is 0 Å². The Morgan fingerprint density at radius 2 is 1.95 bits per heavy atom. The van der Waals surface area contributed by atoms with Gasteiger partial charge in [0.2, 0.25) is 0 Å². The van der Waals surface area contributed by atoms with Gasteiger partial charge in [0.15, 0.2) is 5.82 Å². The van der Waals surface area contributed by atoms with Crippen molar-refractivity contribution >= 4 is 11.3 Å². The van der Waals surface area contributed by atoms with E-state index >= 15 is 0 Å². The first-order valence-electron chi connectivity index (χ1n) is 7.40. The van der Waals surface area contributed by atoms with E-state index in [0.29, 0.717) is 18.0 Å². The predicted octanol–water partition coefficient (Wildman–Crippen LogP) is 2.04. The van der Waals surface area contributed by atoms with Crippen molar-refractivity contribution in [1.82, 2.24) is 19.9 Å². The summed E-state index contributed by atoms with van der Waals surface area (Å²) >= 11 is 0. The Kier molecular flexibility index (Phi) is 3.38. The molecule has 1 fully saturated rings. The van der Waals surface area contributed by atoms with Gasteiger partial charge in [-0.3, -0.25) is 0 Å². The standard InChI is InChI=1S/C15H23N5/c1-10(2)13-7-14-15(16-5-6-20(14)18-13)19-8-11(3)17-12(4)9-19/h5-7,10-12,17H,8-9H2,1-4H3. The molecule has 2 aromatic heterocycles. The zero-order valence-corrected chi connectivity index (χ0v) is 12.7. The van der Waals surface area contributed by atoms with E-state index in [-0.39, 0.29) is 0 Å². The minimum atomic E-state index is 0.434. The lowest BCUT2D eigenvalue weighted by Gasteiger charge is -2.37. The third-order valence-corrected chi connectivity index (χ3v) is 3.84. The molecule has 0 saturated carbocycles. The summed E-state index contributed by atoms with van der Waals surface area (Å²) in [6.07, 6.45) is 3.77. The fraction of sp³-hybridized carbons (Fsp3) is 0.600. The summed E-state index contributed by atoms with van der Waals surface area (Å²) in [6.45, 7) is 10.8. The van der Waals surface area contributed by atoms with Gasteiger partial charge in [0, 0.05) is 37.6 Å². The minimum absolute atomic E-state index is 0.434. The Labute approximate surface area is 120 Å².